The summed E-state index contributed by atoms with van der Waals surface area (Å²) in [7, 11) is 0. The maximum atomic E-state index is 9.66. The Morgan fingerprint density at radius 3 is 2.82 bits per heavy atom. The van der Waals surface area contributed by atoms with E-state index in [1.807, 2.05) is 42.8 Å². The lowest BCUT2D eigenvalue weighted by Crippen LogP contribution is -2.01. The zero-order chi connectivity index (χ0) is 19.9. The van der Waals surface area contributed by atoms with Crippen LogP contribution in [-0.2, 0) is 0 Å². The van der Waals surface area contributed by atoms with Crippen molar-refractivity contribution in [3.63, 3.8) is 0 Å². The van der Waals surface area contributed by atoms with Gasteiger partial charge in [-0.25, -0.2) is 4.98 Å². The summed E-state index contributed by atoms with van der Waals surface area (Å²) >= 11 is 9.49. The molecule has 1 aromatic carbocycles. The van der Waals surface area contributed by atoms with Crippen molar-refractivity contribution in [1.29, 1.82) is 5.26 Å². The van der Waals surface area contributed by atoms with Gasteiger partial charge in [0.25, 0.3) is 0 Å². The van der Waals surface area contributed by atoms with Crippen molar-refractivity contribution in [1.82, 2.24) is 4.98 Å². The first-order chi connectivity index (χ1) is 13.7. The molecule has 0 spiro atoms. The number of allylic oxidation sites excluding steroid dienone is 1. The average molecular weight is 431 g/mol. The molecule has 7 heteroatoms. The quantitative estimate of drug-likeness (QED) is 0.369. The molecule has 3 aromatic rings. The van der Waals surface area contributed by atoms with Gasteiger partial charge in [-0.1, -0.05) is 24.6 Å². The minimum Gasteiger partial charge on any atom is -0.490 e. The Bertz CT molecular complexity index is 1000. The molecule has 28 heavy (non-hydrogen) atoms. The molecule has 0 bridgehead atoms. The SMILES string of the molecule is CCCOc1c(Cl)cc(/C=C(/C#N)c2nc(-c3cccs3)cs2)cc1OCC. The van der Waals surface area contributed by atoms with Gasteiger partial charge in [-0.3, -0.25) is 0 Å². The van der Waals surface area contributed by atoms with Crippen LogP contribution < -0.4 is 9.47 Å². The molecular formula is C21H19ClN2O2S2. The average Bonchev–Trinajstić information content (AvgIpc) is 3.37. The zero-order valence-electron chi connectivity index (χ0n) is 15.6. The first-order valence-electron chi connectivity index (χ1n) is 8.87. The molecule has 0 fully saturated rings. The van der Waals surface area contributed by atoms with Crippen LogP contribution >= 0.6 is 34.3 Å². The highest BCUT2D eigenvalue weighted by molar-refractivity contribution is 7.14. The normalized spacial score (nSPS) is 11.3. The monoisotopic (exact) mass is 430 g/mol. The van der Waals surface area contributed by atoms with Gasteiger partial charge in [0, 0.05) is 5.38 Å². The van der Waals surface area contributed by atoms with Gasteiger partial charge in [-0.15, -0.1) is 22.7 Å². The molecule has 0 aliphatic carbocycles. The highest BCUT2D eigenvalue weighted by Crippen LogP contribution is 2.38. The van der Waals surface area contributed by atoms with Crippen LogP contribution in [-0.4, -0.2) is 18.2 Å². The van der Waals surface area contributed by atoms with Crippen LogP contribution in [0.3, 0.4) is 0 Å². The molecule has 2 aromatic heterocycles. The fraction of sp³-hybridized carbons (Fsp3) is 0.238. The number of thiophene rings is 1. The van der Waals surface area contributed by atoms with E-state index in [4.69, 9.17) is 21.1 Å². The Hall–Kier alpha value is -2.33. The summed E-state index contributed by atoms with van der Waals surface area (Å²) in [5.74, 6) is 1.11. The number of hydrogen-bond donors (Lipinski definition) is 0. The number of aromatic nitrogens is 1. The molecule has 0 unspecified atom stereocenters. The third-order valence-electron chi connectivity index (χ3n) is 3.72. The second kappa shape index (κ2) is 9.74. The Morgan fingerprint density at radius 1 is 1.29 bits per heavy atom. The molecule has 2 heterocycles. The standard InChI is InChI=1S/C21H19ClN2O2S2/c1-3-7-26-20-16(22)10-14(11-18(20)25-4-2)9-15(12-23)21-24-17(13-28-21)19-6-5-8-27-19/h5-6,8-11,13H,3-4,7H2,1-2H3/b15-9-. The molecule has 4 nitrogen and oxygen atoms in total. The van der Waals surface area contributed by atoms with Crippen molar-refractivity contribution in [2.75, 3.05) is 13.2 Å². The van der Waals surface area contributed by atoms with Gasteiger partial charge in [0.2, 0.25) is 0 Å². The van der Waals surface area contributed by atoms with Crippen LogP contribution in [0.2, 0.25) is 5.02 Å². The number of halogens is 1. The first kappa shape index (κ1) is 20.4. The van der Waals surface area contributed by atoms with Crippen LogP contribution in [0.4, 0.5) is 0 Å². The summed E-state index contributed by atoms with van der Waals surface area (Å²) in [5.41, 5.74) is 2.13. The maximum Gasteiger partial charge on any atom is 0.179 e. The van der Waals surface area contributed by atoms with Gasteiger partial charge >= 0.3 is 0 Å². The number of thiazole rings is 1. The molecule has 0 aliphatic rings. The van der Waals surface area contributed by atoms with Gasteiger partial charge in [-0.05, 0) is 48.6 Å². The Morgan fingerprint density at radius 2 is 2.14 bits per heavy atom. The van der Waals surface area contributed by atoms with Crippen molar-refractivity contribution >= 4 is 45.9 Å². The molecule has 0 amide bonds. The maximum absolute atomic E-state index is 9.66. The molecule has 0 atom stereocenters. The van der Waals surface area contributed by atoms with Gasteiger partial charge in [0.15, 0.2) is 11.5 Å². The van der Waals surface area contributed by atoms with Gasteiger partial charge in [0.05, 0.1) is 34.4 Å². The van der Waals surface area contributed by atoms with E-state index in [1.54, 1.807) is 23.5 Å². The Balaban J connectivity index is 1.95. The molecule has 0 N–H and O–H groups in total. The van der Waals surface area contributed by atoms with Gasteiger partial charge in [-0.2, -0.15) is 5.26 Å². The van der Waals surface area contributed by atoms with E-state index in [1.165, 1.54) is 11.3 Å². The molecule has 3 rings (SSSR count). The van der Waals surface area contributed by atoms with Crippen molar-refractivity contribution in [3.05, 3.63) is 50.6 Å². The van der Waals surface area contributed by atoms with Crippen LogP contribution in [0.5, 0.6) is 11.5 Å². The Labute approximate surface area is 177 Å². The van der Waals surface area contributed by atoms with Crippen LogP contribution in [0.1, 0.15) is 30.8 Å². The van der Waals surface area contributed by atoms with Gasteiger partial charge in [0.1, 0.15) is 11.1 Å². The summed E-state index contributed by atoms with van der Waals surface area (Å²) in [6, 6.07) is 9.86. The van der Waals surface area contributed by atoms with Crippen LogP contribution in [0.15, 0.2) is 35.0 Å². The van der Waals surface area contributed by atoms with Crippen molar-refractivity contribution in [2.24, 2.45) is 0 Å². The summed E-state index contributed by atoms with van der Waals surface area (Å²) in [6.07, 6.45) is 2.65. The lowest BCUT2D eigenvalue weighted by atomic mass is 10.1. The molecule has 144 valence electrons. The molecule has 0 saturated heterocycles. The highest BCUT2D eigenvalue weighted by atomic mass is 35.5. The summed E-state index contributed by atoms with van der Waals surface area (Å²) < 4.78 is 11.4. The van der Waals surface area contributed by atoms with Crippen molar-refractivity contribution in [2.45, 2.75) is 20.3 Å². The van der Waals surface area contributed by atoms with Crippen LogP contribution in [0, 0.1) is 11.3 Å². The predicted molar refractivity (Wildman–Crippen MR) is 117 cm³/mol. The number of hydrogen-bond acceptors (Lipinski definition) is 6. The summed E-state index contributed by atoms with van der Waals surface area (Å²) in [5, 5.41) is 14.8. The number of ether oxygens (including phenoxy) is 2. The number of benzene rings is 1. The number of nitrogens with zero attached hydrogens (tertiary/aromatic N) is 2. The second-order valence-electron chi connectivity index (χ2n) is 5.80. The third kappa shape index (κ3) is 4.74. The minimum absolute atomic E-state index is 0.460. The second-order valence-corrected chi connectivity index (χ2v) is 8.01. The van der Waals surface area contributed by atoms with E-state index < -0.39 is 0 Å². The minimum atomic E-state index is 0.460. The Kier molecular flexibility index (Phi) is 7.10. The van der Waals surface area contributed by atoms with E-state index >= 15 is 0 Å². The molecule has 0 radical (unpaired) electrons. The topological polar surface area (TPSA) is 55.1 Å². The lowest BCUT2D eigenvalue weighted by molar-refractivity contribution is 0.277. The van der Waals surface area contributed by atoms with E-state index in [0.29, 0.717) is 40.3 Å². The smallest absolute Gasteiger partial charge is 0.179 e. The largest absolute Gasteiger partial charge is 0.490 e. The number of rotatable bonds is 8. The van der Waals surface area contributed by atoms with Gasteiger partial charge < -0.3 is 9.47 Å². The number of nitriles is 1. The fourth-order valence-corrected chi connectivity index (χ4v) is 4.34. The van der Waals surface area contributed by atoms with Crippen molar-refractivity contribution in [3.8, 4) is 28.1 Å². The molecule has 0 saturated carbocycles. The van der Waals surface area contributed by atoms with Crippen molar-refractivity contribution < 1.29 is 9.47 Å². The molecule has 0 aliphatic heterocycles. The fourth-order valence-electron chi connectivity index (χ4n) is 2.52. The van der Waals surface area contributed by atoms with E-state index in [2.05, 4.69) is 11.1 Å². The lowest BCUT2D eigenvalue weighted by Gasteiger charge is -2.14. The van der Waals surface area contributed by atoms with Crippen LogP contribution in [0.25, 0.3) is 22.2 Å². The van der Waals surface area contributed by atoms with E-state index in [0.717, 1.165) is 22.6 Å². The predicted octanol–water partition coefficient (Wildman–Crippen LogP) is 6.78. The highest BCUT2D eigenvalue weighted by Gasteiger charge is 2.14. The summed E-state index contributed by atoms with van der Waals surface area (Å²) in [4.78, 5) is 5.69. The summed E-state index contributed by atoms with van der Waals surface area (Å²) in [6.45, 7) is 4.99. The van der Waals surface area contributed by atoms with E-state index in [-0.39, 0.29) is 0 Å². The zero-order valence-corrected chi connectivity index (χ0v) is 18.0. The third-order valence-corrected chi connectivity index (χ3v) is 5.77. The molecular weight excluding hydrogens is 412 g/mol. The first-order valence-corrected chi connectivity index (χ1v) is 11.0. The van der Waals surface area contributed by atoms with E-state index in [9.17, 15) is 5.26 Å².